The summed E-state index contributed by atoms with van der Waals surface area (Å²) < 4.78 is 3.12. The highest BCUT2D eigenvalue weighted by Crippen LogP contribution is 2.28. The van der Waals surface area contributed by atoms with E-state index in [0.717, 1.165) is 38.3 Å². The van der Waals surface area contributed by atoms with E-state index in [1.54, 1.807) is 17.5 Å². The SMILES string of the molecule is O=C(Nc1ccc2scnc2c1)c1ccc(-c2ccccc2)c(CN(Br)Cc2ccccn2)c1. The number of benzene rings is 3. The summed E-state index contributed by atoms with van der Waals surface area (Å²) in [6.45, 7) is 1.24. The van der Waals surface area contributed by atoms with Crippen LogP contribution in [-0.4, -0.2) is 19.8 Å². The van der Waals surface area contributed by atoms with E-state index in [0.29, 0.717) is 18.7 Å². The van der Waals surface area contributed by atoms with Crippen LogP contribution in [0, 0.1) is 0 Å². The molecule has 0 spiro atoms. The van der Waals surface area contributed by atoms with E-state index in [4.69, 9.17) is 0 Å². The normalized spacial score (nSPS) is 11.1. The van der Waals surface area contributed by atoms with Crippen LogP contribution in [0.15, 0.2) is 96.6 Å². The number of fused-ring (bicyclic) bond motifs is 1. The van der Waals surface area contributed by atoms with Crippen LogP contribution >= 0.6 is 27.5 Å². The predicted octanol–water partition coefficient (Wildman–Crippen LogP) is 6.92. The minimum atomic E-state index is -0.152. The Bertz CT molecular complexity index is 1420. The lowest BCUT2D eigenvalue weighted by Gasteiger charge is -2.18. The first kappa shape index (κ1) is 22.4. The molecule has 0 saturated carbocycles. The lowest BCUT2D eigenvalue weighted by Crippen LogP contribution is -2.15. The summed E-state index contributed by atoms with van der Waals surface area (Å²) in [4.78, 5) is 21.8. The van der Waals surface area contributed by atoms with Gasteiger partial charge < -0.3 is 5.32 Å². The van der Waals surface area contributed by atoms with Gasteiger partial charge in [0.15, 0.2) is 0 Å². The molecule has 7 heteroatoms. The summed E-state index contributed by atoms with van der Waals surface area (Å²) in [5.41, 5.74) is 8.23. The van der Waals surface area contributed by atoms with Gasteiger partial charge in [-0.05, 0) is 59.2 Å². The van der Waals surface area contributed by atoms with Crippen molar-refractivity contribution in [2.75, 3.05) is 5.32 Å². The Kier molecular flexibility index (Phi) is 6.76. The fourth-order valence-corrected chi connectivity index (χ4v) is 5.00. The van der Waals surface area contributed by atoms with Crippen LogP contribution in [0.2, 0.25) is 0 Å². The molecule has 5 rings (SSSR count). The van der Waals surface area contributed by atoms with Crippen molar-refractivity contribution in [2.24, 2.45) is 0 Å². The number of hydrogen-bond acceptors (Lipinski definition) is 5. The second kappa shape index (κ2) is 10.3. The largest absolute Gasteiger partial charge is 0.322 e. The maximum Gasteiger partial charge on any atom is 0.255 e. The highest BCUT2D eigenvalue weighted by Gasteiger charge is 2.14. The van der Waals surface area contributed by atoms with Gasteiger partial charge in [0.2, 0.25) is 0 Å². The van der Waals surface area contributed by atoms with Gasteiger partial charge in [-0.25, -0.2) is 8.91 Å². The number of pyridine rings is 1. The van der Waals surface area contributed by atoms with E-state index in [1.165, 1.54) is 0 Å². The van der Waals surface area contributed by atoms with Gasteiger partial charge in [0.1, 0.15) is 0 Å². The number of thiazole rings is 1. The van der Waals surface area contributed by atoms with Crippen molar-refractivity contribution in [1.29, 1.82) is 0 Å². The maximum absolute atomic E-state index is 13.1. The highest BCUT2D eigenvalue weighted by atomic mass is 79.9. The molecule has 0 saturated heterocycles. The molecule has 0 atom stereocenters. The number of carbonyl (C=O) groups is 1. The molecule has 0 unspecified atom stereocenters. The van der Waals surface area contributed by atoms with Crippen LogP contribution in [0.5, 0.6) is 0 Å². The van der Waals surface area contributed by atoms with E-state index in [-0.39, 0.29) is 5.91 Å². The lowest BCUT2D eigenvalue weighted by atomic mass is 9.97. The highest BCUT2D eigenvalue weighted by molar-refractivity contribution is 9.07. The molecule has 0 aliphatic rings. The van der Waals surface area contributed by atoms with Crippen LogP contribution in [0.1, 0.15) is 21.6 Å². The Morgan fingerprint density at radius 3 is 2.59 bits per heavy atom. The van der Waals surface area contributed by atoms with Gasteiger partial charge in [0.05, 0.1) is 28.0 Å². The number of halogens is 1. The standard InChI is InChI=1S/C27H21BrN4OS/c28-32(17-23-8-4-5-13-29-23)16-21-14-20(9-11-24(21)19-6-2-1-3-7-19)27(33)31-22-10-12-26-25(15-22)30-18-34-26/h1-15,18H,16-17H2,(H,31,33). The van der Waals surface area contributed by atoms with Crippen molar-refractivity contribution < 1.29 is 4.79 Å². The van der Waals surface area contributed by atoms with Gasteiger partial charge in [-0.3, -0.25) is 9.78 Å². The fourth-order valence-electron chi connectivity index (χ4n) is 3.81. The van der Waals surface area contributed by atoms with E-state index in [1.807, 2.05) is 82.2 Å². The number of nitrogens with one attached hydrogen (secondary N) is 1. The van der Waals surface area contributed by atoms with E-state index in [9.17, 15) is 4.79 Å². The Morgan fingerprint density at radius 1 is 0.912 bits per heavy atom. The third kappa shape index (κ3) is 5.22. The molecule has 3 aromatic carbocycles. The third-order valence-corrected chi connectivity index (χ3v) is 6.75. The molecule has 34 heavy (non-hydrogen) atoms. The van der Waals surface area contributed by atoms with Gasteiger partial charge in [0.25, 0.3) is 5.91 Å². The zero-order valence-corrected chi connectivity index (χ0v) is 20.6. The minimum Gasteiger partial charge on any atom is -0.322 e. The molecule has 168 valence electrons. The van der Waals surface area contributed by atoms with E-state index in [2.05, 4.69) is 43.6 Å². The molecule has 0 bridgehead atoms. The number of carbonyl (C=O) groups excluding carboxylic acids is 1. The Hall–Kier alpha value is -3.39. The molecule has 1 amide bonds. The summed E-state index contributed by atoms with van der Waals surface area (Å²) >= 11 is 5.26. The molecule has 2 heterocycles. The van der Waals surface area contributed by atoms with Crippen molar-refractivity contribution in [3.63, 3.8) is 0 Å². The molecule has 0 aliphatic carbocycles. The lowest BCUT2D eigenvalue weighted by molar-refractivity contribution is 0.102. The molecule has 5 aromatic rings. The Morgan fingerprint density at radius 2 is 1.76 bits per heavy atom. The average molecular weight is 529 g/mol. The summed E-state index contributed by atoms with van der Waals surface area (Å²) in [5, 5.41) is 3.01. The first-order valence-electron chi connectivity index (χ1n) is 10.8. The van der Waals surface area contributed by atoms with Crippen LogP contribution in [0.4, 0.5) is 5.69 Å². The molecular weight excluding hydrogens is 508 g/mol. The summed E-state index contributed by atoms with van der Waals surface area (Å²) in [5.74, 6) is -0.152. The quantitative estimate of drug-likeness (QED) is 0.233. The number of hydrogen-bond donors (Lipinski definition) is 1. The van der Waals surface area contributed by atoms with Crippen molar-refractivity contribution in [2.45, 2.75) is 13.1 Å². The van der Waals surface area contributed by atoms with Crippen molar-refractivity contribution in [1.82, 2.24) is 13.9 Å². The predicted molar refractivity (Wildman–Crippen MR) is 142 cm³/mol. The summed E-state index contributed by atoms with van der Waals surface area (Å²) in [6.07, 6.45) is 1.79. The van der Waals surface area contributed by atoms with E-state index >= 15 is 0 Å². The zero-order chi connectivity index (χ0) is 23.3. The molecule has 0 radical (unpaired) electrons. The Labute approximate surface area is 210 Å². The maximum atomic E-state index is 13.1. The van der Waals surface area contributed by atoms with Gasteiger partial charge >= 0.3 is 0 Å². The van der Waals surface area contributed by atoms with E-state index < -0.39 is 0 Å². The number of aromatic nitrogens is 2. The van der Waals surface area contributed by atoms with Crippen LogP contribution in [-0.2, 0) is 13.1 Å². The molecule has 2 aromatic heterocycles. The van der Waals surface area contributed by atoms with Crippen LogP contribution in [0.25, 0.3) is 21.3 Å². The number of amides is 1. The molecular formula is C27H21BrN4OS. The van der Waals surface area contributed by atoms with Gasteiger partial charge in [-0.2, -0.15) is 0 Å². The van der Waals surface area contributed by atoms with Crippen molar-refractivity contribution in [3.05, 3.63) is 113 Å². The topological polar surface area (TPSA) is 58.1 Å². The first-order chi connectivity index (χ1) is 16.7. The molecule has 0 fully saturated rings. The molecule has 0 aliphatic heterocycles. The Balaban J connectivity index is 1.42. The third-order valence-electron chi connectivity index (χ3n) is 5.44. The molecule has 1 N–H and O–H groups in total. The minimum absolute atomic E-state index is 0.152. The van der Waals surface area contributed by atoms with Gasteiger partial charge in [-0.1, -0.05) is 42.5 Å². The monoisotopic (exact) mass is 528 g/mol. The number of nitrogens with zero attached hydrogens (tertiary/aromatic N) is 3. The molecule has 5 nitrogen and oxygen atoms in total. The number of rotatable bonds is 7. The summed E-state index contributed by atoms with van der Waals surface area (Å²) in [7, 11) is 0. The summed E-state index contributed by atoms with van der Waals surface area (Å²) in [6, 6.07) is 27.7. The van der Waals surface area contributed by atoms with Crippen LogP contribution < -0.4 is 5.32 Å². The van der Waals surface area contributed by atoms with Crippen molar-refractivity contribution >= 4 is 49.3 Å². The second-order valence-electron chi connectivity index (χ2n) is 7.83. The van der Waals surface area contributed by atoms with Gasteiger partial charge in [0, 0.05) is 40.1 Å². The smallest absolute Gasteiger partial charge is 0.255 e. The number of anilines is 1. The van der Waals surface area contributed by atoms with Crippen molar-refractivity contribution in [3.8, 4) is 11.1 Å². The van der Waals surface area contributed by atoms with Crippen LogP contribution in [0.3, 0.4) is 0 Å². The average Bonchev–Trinajstić information content (AvgIpc) is 3.33. The first-order valence-corrected chi connectivity index (χ1v) is 12.4. The fraction of sp³-hybridized carbons (Fsp3) is 0.0741. The van der Waals surface area contributed by atoms with Gasteiger partial charge in [-0.15, -0.1) is 11.3 Å². The second-order valence-corrected chi connectivity index (χ2v) is 9.72. The zero-order valence-electron chi connectivity index (χ0n) is 18.2.